The summed E-state index contributed by atoms with van der Waals surface area (Å²) in [5, 5.41) is 13.0. The molecule has 5 nitrogen and oxygen atoms in total. The van der Waals surface area contributed by atoms with Crippen molar-refractivity contribution < 1.29 is 0 Å². The van der Waals surface area contributed by atoms with Gasteiger partial charge in [-0.2, -0.15) is 0 Å². The van der Waals surface area contributed by atoms with Gasteiger partial charge in [0.1, 0.15) is 0 Å². The average Bonchev–Trinajstić information content (AvgIpc) is 3.19. The number of aromatic nitrogens is 3. The molecule has 0 atom stereocenters. The number of benzene rings is 1. The Kier molecular flexibility index (Phi) is 5.91. The second-order valence-corrected chi connectivity index (χ2v) is 7.72. The molecule has 0 saturated carbocycles. The zero-order valence-corrected chi connectivity index (χ0v) is 16.2. The van der Waals surface area contributed by atoms with Gasteiger partial charge in [0.05, 0.1) is 27.6 Å². The van der Waals surface area contributed by atoms with Gasteiger partial charge in [-0.05, 0) is 56.4 Å². The van der Waals surface area contributed by atoms with Crippen LogP contribution in [0.1, 0.15) is 25.0 Å². The van der Waals surface area contributed by atoms with E-state index in [2.05, 4.69) is 20.5 Å². The molecule has 0 radical (unpaired) electrons. The molecule has 1 spiro atoms. The van der Waals surface area contributed by atoms with E-state index in [0.29, 0.717) is 15.5 Å². The molecule has 1 aromatic heterocycles. The van der Waals surface area contributed by atoms with Gasteiger partial charge in [0.15, 0.2) is 0 Å². The molecule has 2 saturated heterocycles. The summed E-state index contributed by atoms with van der Waals surface area (Å²) < 4.78 is 1.71. The topological polar surface area (TPSA) is 46.0 Å². The van der Waals surface area contributed by atoms with E-state index in [1.165, 1.54) is 25.8 Å². The monoisotopic (exact) mass is 401 g/mol. The highest BCUT2D eigenvalue weighted by Crippen LogP contribution is 2.39. The van der Waals surface area contributed by atoms with Crippen LogP contribution < -0.4 is 5.32 Å². The fourth-order valence-corrected chi connectivity index (χ4v) is 4.30. The fraction of sp³-hybridized carbons (Fsp3) is 0.529. The third-order valence-electron chi connectivity index (χ3n) is 5.29. The van der Waals surface area contributed by atoms with Gasteiger partial charge in [0.2, 0.25) is 0 Å². The first-order valence-electron chi connectivity index (χ1n) is 8.44. The first-order valence-corrected chi connectivity index (χ1v) is 9.20. The number of piperidine rings is 1. The van der Waals surface area contributed by atoms with Crippen LogP contribution in [-0.2, 0) is 6.54 Å². The highest BCUT2D eigenvalue weighted by atomic mass is 35.5. The molecule has 1 aromatic carbocycles. The lowest BCUT2D eigenvalue weighted by Crippen LogP contribution is -2.38. The molecule has 4 rings (SSSR count). The van der Waals surface area contributed by atoms with Crippen molar-refractivity contribution in [1.29, 1.82) is 0 Å². The minimum atomic E-state index is 0. The predicted octanol–water partition coefficient (Wildman–Crippen LogP) is 3.57. The molecule has 2 aliphatic rings. The minimum Gasteiger partial charge on any atom is -0.317 e. The maximum absolute atomic E-state index is 6.27. The number of halogens is 3. The number of nitrogens with zero attached hydrogens (tertiary/aromatic N) is 4. The molecule has 2 fully saturated rings. The zero-order chi connectivity index (χ0) is 16.6. The Morgan fingerprint density at radius 3 is 2.76 bits per heavy atom. The van der Waals surface area contributed by atoms with Crippen LogP contribution >= 0.6 is 35.6 Å². The average molecular weight is 403 g/mol. The highest BCUT2D eigenvalue weighted by Gasteiger charge is 2.38. The van der Waals surface area contributed by atoms with E-state index >= 15 is 0 Å². The van der Waals surface area contributed by atoms with Gasteiger partial charge in [0, 0.05) is 13.1 Å². The maximum Gasteiger partial charge on any atom is 0.0971 e. The summed E-state index contributed by atoms with van der Waals surface area (Å²) in [5.41, 5.74) is 2.24. The summed E-state index contributed by atoms with van der Waals surface area (Å²) in [4.78, 5) is 2.50. The molecule has 2 aromatic rings. The van der Waals surface area contributed by atoms with Crippen LogP contribution in [0.15, 0.2) is 24.4 Å². The zero-order valence-electron chi connectivity index (χ0n) is 13.9. The second-order valence-electron chi connectivity index (χ2n) is 6.94. The van der Waals surface area contributed by atoms with E-state index < -0.39 is 0 Å². The van der Waals surface area contributed by atoms with Crippen molar-refractivity contribution >= 4 is 35.6 Å². The molecule has 8 heteroatoms. The Balaban J connectivity index is 0.00000182. The molecular formula is C17H22Cl3N5. The number of hydrogen-bond acceptors (Lipinski definition) is 4. The Hall–Kier alpha value is -0.850. The summed E-state index contributed by atoms with van der Waals surface area (Å²) >= 11 is 12.4. The van der Waals surface area contributed by atoms with Gasteiger partial charge in [0.25, 0.3) is 0 Å². The van der Waals surface area contributed by atoms with Gasteiger partial charge in [-0.1, -0.05) is 34.5 Å². The lowest BCUT2D eigenvalue weighted by atomic mass is 9.78. The van der Waals surface area contributed by atoms with Crippen molar-refractivity contribution in [3.8, 4) is 5.69 Å². The van der Waals surface area contributed by atoms with Gasteiger partial charge in [-0.3, -0.25) is 4.90 Å². The molecule has 0 amide bonds. The first kappa shape index (κ1) is 18.9. The Labute approximate surface area is 164 Å². The highest BCUT2D eigenvalue weighted by molar-refractivity contribution is 6.43. The van der Waals surface area contributed by atoms with Crippen LogP contribution in [0, 0.1) is 5.41 Å². The number of hydrogen-bond donors (Lipinski definition) is 1. The summed E-state index contributed by atoms with van der Waals surface area (Å²) in [5.74, 6) is 0. The van der Waals surface area contributed by atoms with Crippen molar-refractivity contribution in [2.45, 2.75) is 25.8 Å². The van der Waals surface area contributed by atoms with Crippen LogP contribution in [0.25, 0.3) is 5.69 Å². The summed E-state index contributed by atoms with van der Waals surface area (Å²) in [6.45, 7) is 5.45. The van der Waals surface area contributed by atoms with E-state index in [-0.39, 0.29) is 12.4 Å². The van der Waals surface area contributed by atoms with E-state index in [1.807, 2.05) is 18.3 Å². The Morgan fingerprint density at radius 2 is 1.96 bits per heavy atom. The van der Waals surface area contributed by atoms with Gasteiger partial charge in [-0.25, -0.2) is 4.68 Å². The van der Waals surface area contributed by atoms with Gasteiger partial charge < -0.3 is 5.32 Å². The second kappa shape index (κ2) is 7.80. The van der Waals surface area contributed by atoms with Crippen molar-refractivity contribution in [3.05, 3.63) is 40.1 Å². The normalized spacial score (nSPS) is 19.9. The molecule has 1 N–H and O–H groups in total. The molecule has 0 bridgehead atoms. The summed E-state index contributed by atoms with van der Waals surface area (Å²) in [7, 11) is 0. The maximum atomic E-state index is 6.27. The molecule has 25 heavy (non-hydrogen) atoms. The largest absolute Gasteiger partial charge is 0.317 e. The Morgan fingerprint density at radius 1 is 1.16 bits per heavy atom. The van der Waals surface area contributed by atoms with Crippen LogP contribution in [0.3, 0.4) is 0 Å². The predicted molar refractivity (Wildman–Crippen MR) is 103 cm³/mol. The van der Waals surface area contributed by atoms with Gasteiger partial charge in [-0.15, -0.1) is 17.5 Å². The first-order chi connectivity index (χ1) is 11.7. The van der Waals surface area contributed by atoms with Crippen LogP contribution in [0.5, 0.6) is 0 Å². The summed E-state index contributed by atoms with van der Waals surface area (Å²) in [6, 6.07) is 5.53. The third-order valence-corrected chi connectivity index (χ3v) is 6.09. The lowest BCUT2D eigenvalue weighted by Gasteiger charge is -2.33. The number of rotatable bonds is 3. The fourth-order valence-electron chi connectivity index (χ4n) is 3.91. The molecule has 0 aliphatic carbocycles. The molecule has 3 heterocycles. The lowest BCUT2D eigenvalue weighted by molar-refractivity contribution is 0.193. The summed E-state index contributed by atoms with van der Waals surface area (Å²) in [6.07, 6.45) is 5.82. The van der Waals surface area contributed by atoms with Crippen molar-refractivity contribution in [1.82, 2.24) is 25.2 Å². The quantitative estimate of drug-likeness (QED) is 0.852. The van der Waals surface area contributed by atoms with E-state index in [1.54, 1.807) is 10.7 Å². The molecule has 136 valence electrons. The number of likely N-dealkylation sites (tertiary alicyclic amines) is 1. The third kappa shape index (κ3) is 3.96. The van der Waals surface area contributed by atoms with E-state index in [9.17, 15) is 0 Å². The van der Waals surface area contributed by atoms with E-state index in [0.717, 1.165) is 37.6 Å². The van der Waals surface area contributed by atoms with Crippen molar-refractivity contribution in [2.24, 2.45) is 5.41 Å². The SMILES string of the molecule is Cl.Clc1cccc(-n2cc(CN3CCC4(CCNCC4)C3)nn2)c1Cl. The van der Waals surface area contributed by atoms with E-state index in [4.69, 9.17) is 23.2 Å². The molecule has 0 unspecified atom stereocenters. The van der Waals surface area contributed by atoms with Crippen molar-refractivity contribution in [3.63, 3.8) is 0 Å². The molecule has 2 aliphatic heterocycles. The minimum absolute atomic E-state index is 0. The van der Waals surface area contributed by atoms with Crippen LogP contribution in [0.4, 0.5) is 0 Å². The van der Waals surface area contributed by atoms with Crippen molar-refractivity contribution in [2.75, 3.05) is 26.2 Å². The smallest absolute Gasteiger partial charge is 0.0971 e. The Bertz CT molecular complexity index is 727. The van der Waals surface area contributed by atoms with Crippen LogP contribution in [0.2, 0.25) is 10.0 Å². The van der Waals surface area contributed by atoms with Gasteiger partial charge >= 0.3 is 0 Å². The number of nitrogens with one attached hydrogen (secondary N) is 1. The standard InChI is InChI=1S/C17H21Cl2N5.ClH/c18-14-2-1-3-15(16(14)19)24-11-13(21-22-24)10-23-9-6-17(12-23)4-7-20-8-5-17;/h1-3,11,20H,4-10,12H2;1H. The van der Waals surface area contributed by atoms with Crippen LogP contribution in [-0.4, -0.2) is 46.1 Å². The molecular weight excluding hydrogens is 381 g/mol.